The molecule has 0 saturated carbocycles. The van der Waals surface area contributed by atoms with E-state index in [1.165, 1.54) is 12.1 Å². The number of carbonyl (C=O) groups is 1. The standard InChI is InChI=1S/C16H23FN2O/c1-16(2,3)14(11-6-8-12(17)9-7-11)19-15(20)13-5-4-10-18-13/h6-9,13-14,18H,4-5,10H2,1-3H3,(H,19,20)/t13-,14?/m0/s1. The van der Waals surface area contributed by atoms with Gasteiger partial charge in [-0.25, -0.2) is 4.39 Å². The average Bonchev–Trinajstić information content (AvgIpc) is 2.89. The van der Waals surface area contributed by atoms with Gasteiger partial charge in [0.1, 0.15) is 5.82 Å². The molecule has 2 atom stereocenters. The van der Waals surface area contributed by atoms with Gasteiger partial charge in [0.15, 0.2) is 0 Å². The third-order valence-corrected chi connectivity index (χ3v) is 3.73. The lowest BCUT2D eigenvalue weighted by Gasteiger charge is -2.33. The molecule has 1 saturated heterocycles. The van der Waals surface area contributed by atoms with Crippen molar-refractivity contribution in [1.29, 1.82) is 0 Å². The molecule has 1 fully saturated rings. The number of rotatable bonds is 3. The van der Waals surface area contributed by atoms with Crippen molar-refractivity contribution in [1.82, 2.24) is 10.6 Å². The molecule has 20 heavy (non-hydrogen) atoms. The van der Waals surface area contributed by atoms with Crippen molar-refractivity contribution >= 4 is 5.91 Å². The maximum Gasteiger partial charge on any atom is 0.237 e. The molecule has 2 N–H and O–H groups in total. The molecule has 2 rings (SSSR count). The van der Waals surface area contributed by atoms with Crippen molar-refractivity contribution in [3.63, 3.8) is 0 Å². The zero-order chi connectivity index (χ0) is 14.8. The van der Waals surface area contributed by atoms with Crippen LogP contribution in [0.4, 0.5) is 4.39 Å². The van der Waals surface area contributed by atoms with Gasteiger partial charge in [-0.05, 0) is 42.5 Å². The van der Waals surface area contributed by atoms with Crippen LogP contribution in [0.3, 0.4) is 0 Å². The van der Waals surface area contributed by atoms with Crippen molar-refractivity contribution in [3.8, 4) is 0 Å². The number of halogens is 1. The van der Waals surface area contributed by atoms with Gasteiger partial charge in [-0.1, -0.05) is 32.9 Å². The zero-order valence-corrected chi connectivity index (χ0v) is 12.4. The smallest absolute Gasteiger partial charge is 0.237 e. The Bertz CT molecular complexity index is 458. The average molecular weight is 278 g/mol. The molecule has 0 bridgehead atoms. The predicted molar refractivity (Wildman–Crippen MR) is 77.8 cm³/mol. The van der Waals surface area contributed by atoms with E-state index in [-0.39, 0.29) is 29.2 Å². The molecule has 3 nitrogen and oxygen atoms in total. The molecule has 1 aromatic rings. The predicted octanol–water partition coefficient (Wildman–Crippen LogP) is 2.78. The van der Waals surface area contributed by atoms with E-state index in [4.69, 9.17) is 0 Å². The van der Waals surface area contributed by atoms with Crippen LogP contribution in [0.1, 0.15) is 45.2 Å². The Labute approximate surface area is 120 Å². The van der Waals surface area contributed by atoms with E-state index >= 15 is 0 Å². The molecule has 1 unspecified atom stereocenters. The van der Waals surface area contributed by atoms with Crippen molar-refractivity contribution in [3.05, 3.63) is 35.6 Å². The highest BCUT2D eigenvalue weighted by Crippen LogP contribution is 2.33. The van der Waals surface area contributed by atoms with Gasteiger partial charge in [0, 0.05) is 0 Å². The summed E-state index contributed by atoms with van der Waals surface area (Å²) in [4.78, 5) is 12.3. The first-order valence-corrected chi connectivity index (χ1v) is 7.17. The summed E-state index contributed by atoms with van der Waals surface area (Å²) in [7, 11) is 0. The quantitative estimate of drug-likeness (QED) is 0.892. The van der Waals surface area contributed by atoms with Crippen molar-refractivity contribution in [2.75, 3.05) is 6.54 Å². The lowest BCUT2D eigenvalue weighted by atomic mass is 9.82. The van der Waals surface area contributed by atoms with E-state index < -0.39 is 0 Å². The highest BCUT2D eigenvalue weighted by molar-refractivity contribution is 5.82. The molecule has 1 aliphatic heterocycles. The van der Waals surface area contributed by atoms with Gasteiger partial charge in [0.25, 0.3) is 0 Å². The third kappa shape index (κ3) is 3.57. The molecular weight excluding hydrogens is 255 g/mol. The van der Waals surface area contributed by atoms with Crippen LogP contribution in [-0.2, 0) is 4.79 Å². The molecule has 4 heteroatoms. The molecule has 1 aromatic carbocycles. The molecule has 110 valence electrons. The van der Waals surface area contributed by atoms with Crippen molar-refractivity contribution in [2.24, 2.45) is 5.41 Å². The summed E-state index contributed by atoms with van der Waals surface area (Å²) < 4.78 is 13.1. The van der Waals surface area contributed by atoms with Gasteiger partial charge in [0.2, 0.25) is 5.91 Å². The Hall–Kier alpha value is -1.42. The van der Waals surface area contributed by atoms with Gasteiger partial charge in [-0.15, -0.1) is 0 Å². The van der Waals surface area contributed by atoms with E-state index in [1.807, 2.05) is 0 Å². The molecule has 0 radical (unpaired) electrons. The van der Waals surface area contributed by atoms with E-state index in [9.17, 15) is 9.18 Å². The molecule has 0 aromatic heterocycles. The number of amides is 1. The highest BCUT2D eigenvalue weighted by atomic mass is 19.1. The molecular formula is C16H23FN2O. The van der Waals surface area contributed by atoms with Crippen LogP contribution >= 0.6 is 0 Å². The lowest BCUT2D eigenvalue weighted by Crippen LogP contribution is -2.45. The maximum absolute atomic E-state index is 13.1. The van der Waals surface area contributed by atoms with Gasteiger partial charge in [-0.3, -0.25) is 4.79 Å². The first-order valence-electron chi connectivity index (χ1n) is 7.17. The summed E-state index contributed by atoms with van der Waals surface area (Å²) in [6.45, 7) is 7.12. The second kappa shape index (κ2) is 5.92. The fourth-order valence-electron chi connectivity index (χ4n) is 2.61. The summed E-state index contributed by atoms with van der Waals surface area (Å²) in [6.07, 6.45) is 1.92. The number of benzene rings is 1. The monoisotopic (exact) mass is 278 g/mol. The maximum atomic E-state index is 13.1. The highest BCUT2D eigenvalue weighted by Gasteiger charge is 2.31. The first kappa shape index (κ1) is 15.0. The van der Waals surface area contributed by atoms with Gasteiger partial charge < -0.3 is 10.6 Å². The Morgan fingerprint density at radius 2 is 2.00 bits per heavy atom. The largest absolute Gasteiger partial charge is 0.347 e. The lowest BCUT2D eigenvalue weighted by molar-refractivity contribution is -0.124. The zero-order valence-electron chi connectivity index (χ0n) is 12.4. The van der Waals surface area contributed by atoms with Gasteiger partial charge >= 0.3 is 0 Å². The number of hydrogen-bond donors (Lipinski definition) is 2. The van der Waals surface area contributed by atoms with E-state index in [0.717, 1.165) is 24.9 Å². The first-order chi connectivity index (χ1) is 9.38. The van der Waals surface area contributed by atoms with Crippen LogP contribution in [0.15, 0.2) is 24.3 Å². The summed E-state index contributed by atoms with van der Waals surface area (Å²) >= 11 is 0. The van der Waals surface area contributed by atoms with E-state index in [1.54, 1.807) is 12.1 Å². The van der Waals surface area contributed by atoms with Crippen LogP contribution in [0.25, 0.3) is 0 Å². The number of hydrogen-bond acceptors (Lipinski definition) is 2. The summed E-state index contributed by atoms with van der Waals surface area (Å²) in [5.41, 5.74) is 0.803. The van der Waals surface area contributed by atoms with Gasteiger partial charge in [-0.2, -0.15) is 0 Å². The van der Waals surface area contributed by atoms with Crippen LogP contribution in [0, 0.1) is 11.2 Å². The second-order valence-electron chi connectivity index (χ2n) is 6.51. The Kier molecular flexibility index (Phi) is 4.43. The fraction of sp³-hybridized carbons (Fsp3) is 0.562. The summed E-state index contributed by atoms with van der Waals surface area (Å²) in [5.74, 6) is -0.225. The topological polar surface area (TPSA) is 41.1 Å². The molecule has 1 aliphatic rings. The minimum Gasteiger partial charge on any atom is -0.347 e. The van der Waals surface area contributed by atoms with Crippen LogP contribution in [0.5, 0.6) is 0 Å². The Morgan fingerprint density at radius 3 is 2.50 bits per heavy atom. The number of carbonyl (C=O) groups excluding carboxylic acids is 1. The van der Waals surface area contributed by atoms with Crippen LogP contribution in [0.2, 0.25) is 0 Å². The minimum absolute atomic E-state index is 0.0340. The normalized spacial score (nSPS) is 20.7. The minimum atomic E-state index is -0.259. The molecule has 0 spiro atoms. The second-order valence-corrected chi connectivity index (χ2v) is 6.51. The summed E-state index contributed by atoms with van der Waals surface area (Å²) in [6, 6.07) is 6.14. The third-order valence-electron chi connectivity index (χ3n) is 3.73. The van der Waals surface area contributed by atoms with E-state index in [2.05, 4.69) is 31.4 Å². The van der Waals surface area contributed by atoms with Crippen molar-refractivity contribution in [2.45, 2.75) is 45.7 Å². The number of nitrogens with one attached hydrogen (secondary N) is 2. The molecule has 1 heterocycles. The van der Waals surface area contributed by atoms with Crippen molar-refractivity contribution < 1.29 is 9.18 Å². The van der Waals surface area contributed by atoms with Crippen LogP contribution < -0.4 is 10.6 Å². The SMILES string of the molecule is CC(C)(C)C(NC(=O)[C@@H]1CCCN1)c1ccc(F)cc1. The van der Waals surface area contributed by atoms with E-state index in [0.29, 0.717) is 0 Å². The van der Waals surface area contributed by atoms with Crippen LogP contribution in [-0.4, -0.2) is 18.5 Å². The Morgan fingerprint density at radius 1 is 1.35 bits per heavy atom. The fourth-order valence-corrected chi connectivity index (χ4v) is 2.61. The van der Waals surface area contributed by atoms with Gasteiger partial charge in [0.05, 0.1) is 12.1 Å². The Balaban J connectivity index is 2.15. The molecule has 0 aliphatic carbocycles. The molecule has 1 amide bonds. The summed E-state index contributed by atoms with van der Waals surface area (Å²) in [5, 5.41) is 6.31.